The Kier molecular flexibility index (Phi) is 6.98. The molecule has 0 saturated heterocycles. The average Bonchev–Trinajstić information content (AvgIpc) is 3.64. The molecule has 280 valence electrons. The molecule has 11 aromatic rings. The van der Waals surface area contributed by atoms with E-state index in [2.05, 4.69) is 216 Å². The van der Waals surface area contributed by atoms with Gasteiger partial charge in [-0.15, -0.1) is 0 Å². The van der Waals surface area contributed by atoms with Crippen LogP contribution < -0.4 is 14.4 Å². The molecule has 4 nitrogen and oxygen atoms in total. The first-order chi connectivity index (χ1) is 29.7. The number of hydrogen-bond donors (Lipinski definition) is 0. The Bertz CT molecular complexity index is 3400. The molecular formula is C56H34N2O2. The normalized spacial score (nSPS) is 12.6. The Morgan fingerprint density at radius 1 is 0.317 bits per heavy atom. The van der Waals surface area contributed by atoms with Crippen LogP contribution in [-0.4, -0.2) is 4.57 Å². The Labute approximate surface area is 346 Å². The maximum atomic E-state index is 7.08. The van der Waals surface area contributed by atoms with Gasteiger partial charge in [0.05, 0.1) is 28.1 Å². The van der Waals surface area contributed by atoms with Crippen LogP contribution >= 0.6 is 0 Å². The zero-order valence-corrected chi connectivity index (χ0v) is 32.3. The van der Waals surface area contributed by atoms with Crippen molar-refractivity contribution in [3.05, 3.63) is 206 Å². The van der Waals surface area contributed by atoms with E-state index >= 15 is 0 Å². The van der Waals surface area contributed by atoms with E-state index < -0.39 is 0 Å². The average molecular weight is 767 g/mol. The Balaban J connectivity index is 1.04. The third-order valence-electron chi connectivity index (χ3n) is 12.3. The summed E-state index contributed by atoms with van der Waals surface area (Å²) >= 11 is 0. The van der Waals surface area contributed by atoms with Gasteiger partial charge in [-0.25, -0.2) is 0 Å². The van der Waals surface area contributed by atoms with Crippen LogP contribution in [0.1, 0.15) is 0 Å². The molecule has 2 aliphatic rings. The van der Waals surface area contributed by atoms with Gasteiger partial charge in [0.15, 0.2) is 23.0 Å². The molecule has 0 aliphatic carbocycles. The molecule has 0 unspecified atom stereocenters. The van der Waals surface area contributed by atoms with Gasteiger partial charge in [0.1, 0.15) is 5.69 Å². The largest absolute Gasteiger partial charge is 0.453 e. The van der Waals surface area contributed by atoms with E-state index in [1.54, 1.807) is 0 Å². The van der Waals surface area contributed by atoms with Gasteiger partial charge in [-0.2, -0.15) is 0 Å². The summed E-state index contributed by atoms with van der Waals surface area (Å²) in [6.07, 6.45) is 0. The second-order valence-corrected chi connectivity index (χ2v) is 15.7. The van der Waals surface area contributed by atoms with Crippen molar-refractivity contribution in [1.29, 1.82) is 0 Å². The van der Waals surface area contributed by atoms with Gasteiger partial charge in [-0.05, 0) is 91.3 Å². The van der Waals surface area contributed by atoms with E-state index in [1.807, 2.05) is 0 Å². The number of anilines is 3. The minimum Gasteiger partial charge on any atom is -0.453 e. The molecule has 0 bridgehead atoms. The van der Waals surface area contributed by atoms with Crippen LogP contribution in [0.25, 0.3) is 82.4 Å². The highest BCUT2D eigenvalue weighted by molar-refractivity contribution is 6.11. The molecule has 10 aromatic carbocycles. The zero-order chi connectivity index (χ0) is 39.3. The molecule has 0 atom stereocenters. The number of aromatic nitrogens is 1. The fourth-order valence-corrected chi connectivity index (χ4v) is 9.59. The first kappa shape index (κ1) is 32.9. The predicted octanol–water partition coefficient (Wildman–Crippen LogP) is 15.8. The van der Waals surface area contributed by atoms with Crippen molar-refractivity contribution in [3.63, 3.8) is 0 Å². The minimum atomic E-state index is 0.735. The number of para-hydroxylation sites is 1. The molecule has 1 aromatic heterocycles. The molecule has 60 heavy (non-hydrogen) atoms. The Morgan fingerprint density at radius 3 is 1.47 bits per heavy atom. The summed E-state index contributed by atoms with van der Waals surface area (Å²) < 4.78 is 16.5. The summed E-state index contributed by atoms with van der Waals surface area (Å²) in [6, 6.07) is 73.7. The van der Waals surface area contributed by atoms with E-state index in [0.29, 0.717) is 0 Å². The summed E-state index contributed by atoms with van der Waals surface area (Å²) in [6.45, 7) is 0. The van der Waals surface area contributed by atoms with Gasteiger partial charge in [-0.1, -0.05) is 158 Å². The number of benzene rings is 10. The van der Waals surface area contributed by atoms with Gasteiger partial charge in [0.2, 0.25) is 0 Å². The fraction of sp³-hybridized carbons (Fsp3) is 0. The second kappa shape index (κ2) is 12.7. The smallest absolute Gasteiger partial charge is 0.157 e. The maximum Gasteiger partial charge on any atom is 0.157 e. The molecule has 4 heteroatoms. The van der Waals surface area contributed by atoms with Crippen LogP contribution in [0.5, 0.6) is 23.0 Å². The molecule has 13 rings (SSSR count). The van der Waals surface area contributed by atoms with Crippen molar-refractivity contribution >= 4 is 60.4 Å². The second-order valence-electron chi connectivity index (χ2n) is 15.7. The van der Waals surface area contributed by atoms with Crippen molar-refractivity contribution in [2.24, 2.45) is 0 Å². The molecule has 0 spiro atoms. The van der Waals surface area contributed by atoms with E-state index in [0.717, 1.165) is 73.5 Å². The van der Waals surface area contributed by atoms with Gasteiger partial charge >= 0.3 is 0 Å². The van der Waals surface area contributed by atoms with Crippen LogP contribution in [-0.2, 0) is 0 Å². The first-order valence-corrected chi connectivity index (χ1v) is 20.4. The summed E-state index contributed by atoms with van der Waals surface area (Å²) in [5, 5.41) is 7.21. The number of hydrogen-bond acceptors (Lipinski definition) is 3. The quantitative estimate of drug-likeness (QED) is 0.178. The highest BCUT2D eigenvalue weighted by Crippen LogP contribution is 2.61. The topological polar surface area (TPSA) is 26.6 Å². The van der Waals surface area contributed by atoms with Gasteiger partial charge in [-0.3, -0.25) is 4.90 Å². The molecule has 0 N–H and O–H groups in total. The molecular weight excluding hydrogens is 733 g/mol. The lowest BCUT2D eigenvalue weighted by molar-refractivity contribution is 0.446. The van der Waals surface area contributed by atoms with E-state index in [4.69, 9.17) is 9.47 Å². The van der Waals surface area contributed by atoms with Gasteiger partial charge in [0, 0.05) is 22.9 Å². The molecule has 2 aliphatic heterocycles. The predicted molar refractivity (Wildman–Crippen MR) is 247 cm³/mol. The van der Waals surface area contributed by atoms with Crippen molar-refractivity contribution in [3.8, 4) is 62.1 Å². The summed E-state index contributed by atoms with van der Waals surface area (Å²) in [5.41, 5.74) is 12.9. The number of rotatable bonds is 4. The molecule has 0 saturated carbocycles. The summed E-state index contributed by atoms with van der Waals surface area (Å²) in [5.74, 6) is 3.05. The summed E-state index contributed by atoms with van der Waals surface area (Å²) in [7, 11) is 0. The van der Waals surface area contributed by atoms with Crippen LogP contribution in [0, 0.1) is 0 Å². The Morgan fingerprint density at radius 2 is 0.833 bits per heavy atom. The Hall–Kier alpha value is -8.08. The molecule has 3 heterocycles. The van der Waals surface area contributed by atoms with Crippen molar-refractivity contribution in [1.82, 2.24) is 4.57 Å². The standard InChI is InChI=1S/C56H34N2O2/c1-2-12-35(13-3-1)38-24-27-47-46-20-8-9-23-48(46)57(51(47)30-38)41-33-54-56-55(34-41)60-53-32-40(45-22-11-17-37-15-5-7-19-43(37)45)26-29-50(53)58(56)49-28-25-39(31-52(49)59-54)44-21-10-16-36-14-4-6-18-42(36)44/h1-34H. The van der Waals surface area contributed by atoms with Crippen molar-refractivity contribution in [2.75, 3.05) is 4.90 Å². The lowest BCUT2D eigenvalue weighted by atomic mass is 9.96. The first-order valence-electron chi connectivity index (χ1n) is 20.4. The van der Waals surface area contributed by atoms with Crippen LogP contribution in [0.4, 0.5) is 17.1 Å². The van der Waals surface area contributed by atoms with Crippen LogP contribution in [0.3, 0.4) is 0 Å². The van der Waals surface area contributed by atoms with Crippen molar-refractivity contribution in [2.45, 2.75) is 0 Å². The number of fused-ring (bicyclic) bond motifs is 9. The highest BCUT2D eigenvalue weighted by Gasteiger charge is 2.36. The zero-order valence-electron chi connectivity index (χ0n) is 32.3. The minimum absolute atomic E-state index is 0.735. The number of ether oxygens (including phenoxy) is 2. The van der Waals surface area contributed by atoms with E-state index in [1.165, 1.54) is 49.0 Å². The van der Waals surface area contributed by atoms with E-state index in [9.17, 15) is 0 Å². The number of nitrogens with zero attached hydrogens (tertiary/aromatic N) is 2. The molecule has 0 radical (unpaired) electrons. The van der Waals surface area contributed by atoms with Gasteiger partial charge in [0.25, 0.3) is 0 Å². The third kappa shape index (κ3) is 4.91. The monoisotopic (exact) mass is 766 g/mol. The lowest BCUT2D eigenvalue weighted by Crippen LogP contribution is -2.20. The van der Waals surface area contributed by atoms with Gasteiger partial charge < -0.3 is 14.0 Å². The maximum absolute atomic E-state index is 7.08. The summed E-state index contributed by atoms with van der Waals surface area (Å²) in [4.78, 5) is 2.32. The van der Waals surface area contributed by atoms with Crippen molar-refractivity contribution < 1.29 is 9.47 Å². The highest BCUT2D eigenvalue weighted by atomic mass is 16.5. The fourth-order valence-electron chi connectivity index (χ4n) is 9.59. The van der Waals surface area contributed by atoms with Crippen LogP contribution in [0.2, 0.25) is 0 Å². The third-order valence-corrected chi connectivity index (χ3v) is 12.3. The molecule has 0 fully saturated rings. The van der Waals surface area contributed by atoms with Crippen LogP contribution in [0.15, 0.2) is 206 Å². The van der Waals surface area contributed by atoms with E-state index in [-0.39, 0.29) is 0 Å². The SMILES string of the molecule is c1ccc(-c2ccc3c4ccccc4n(-c4cc5c6c(c4)Oc4cc(-c7cccc8ccccc78)ccc4N6c4ccc(-c6cccc7ccccc67)cc4O5)c3c2)cc1. The molecule has 0 amide bonds. The lowest BCUT2D eigenvalue weighted by Gasteiger charge is -2.38.